The molecule has 0 saturated carbocycles. The quantitative estimate of drug-likeness (QED) is 0.346. The Hall–Kier alpha value is -2.57. The Morgan fingerprint density at radius 1 is 1.29 bits per heavy atom. The highest BCUT2D eigenvalue weighted by Crippen LogP contribution is 2.35. The highest BCUT2D eigenvalue weighted by Gasteiger charge is 2.26. The summed E-state index contributed by atoms with van der Waals surface area (Å²) < 4.78 is 1.52. The van der Waals surface area contributed by atoms with Gasteiger partial charge in [0.15, 0.2) is 5.16 Å². The minimum absolute atomic E-state index is 0.0770. The molecule has 7 heteroatoms. The van der Waals surface area contributed by atoms with Gasteiger partial charge in [-0.2, -0.15) is 0 Å². The van der Waals surface area contributed by atoms with E-state index in [9.17, 15) is 9.59 Å². The lowest BCUT2D eigenvalue weighted by Gasteiger charge is -2.21. The molecule has 28 heavy (non-hydrogen) atoms. The van der Waals surface area contributed by atoms with E-state index >= 15 is 0 Å². The van der Waals surface area contributed by atoms with Crippen LogP contribution in [0.1, 0.15) is 10.8 Å². The van der Waals surface area contributed by atoms with Gasteiger partial charge in [-0.25, -0.2) is 4.98 Å². The lowest BCUT2D eigenvalue weighted by Crippen LogP contribution is -2.28. The van der Waals surface area contributed by atoms with Gasteiger partial charge in [-0.3, -0.25) is 14.2 Å². The van der Waals surface area contributed by atoms with Crippen LogP contribution in [0, 0.1) is 0 Å². The molecule has 0 radical (unpaired) electrons. The summed E-state index contributed by atoms with van der Waals surface area (Å²) in [7, 11) is 3.43. The first-order valence-electron chi connectivity index (χ1n) is 8.66. The van der Waals surface area contributed by atoms with Crippen LogP contribution >= 0.6 is 23.4 Å². The predicted molar refractivity (Wildman–Crippen MR) is 115 cm³/mol. The first-order valence-corrected chi connectivity index (χ1v) is 9.92. The number of likely N-dealkylation sites (N-methyl/N-ethyl adjacent to an activating group) is 1. The minimum atomic E-state index is -0.524. The normalized spacial score (nSPS) is 12.0. The maximum absolute atomic E-state index is 13.0. The molecule has 144 valence electrons. The number of rotatable bonds is 6. The molecule has 1 amide bonds. The Bertz CT molecular complexity index is 1080. The molecule has 3 rings (SSSR count). The zero-order valence-electron chi connectivity index (χ0n) is 15.6. The molecule has 1 aromatic heterocycles. The van der Waals surface area contributed by atoms with Crippen LogP contribution in [-0.4, -0.2) is 34.5 Å². The average Bonchev–Trinajstić information content (AvgIpc) is 2.69. The van der Waals surface area contributed by atoms with Gasteiger partial charge in [-0.15, -0.1) is 6.58 Å². The van der Waals surface area contributed by atoms with Gasteiger partial charge in [-0.1, -0.05) is 59.8 Å². The van der Waals surface area contributed by atoms with E-state index in [-0.39, 0.29) is 18.0 Å². The Balaban J connectivity index is 2.16. The number of amides is 1. The van der Waals surface area contributed by atoms with Crippen molar-refractivity contribution < 1.29 is 4.79 Å². The molecular formula is C21H20ClN3O2S. The number of carbonyl (C=O) groups excluding carboxylic acids is 1. The molecule has 1 heterocycles. The fourth-order valence-corrected chi connectivity index (χ4v) is 4.21. The summed E-state index contributed by atoms with van der Waals surface area (Å²) in [6, 6.07) is 14.5. The maximum atomic E-state index is 13.0. The molecule has 2 aromatic carbocycles. The Labute approximate surface area is 172 Å². The standard InChI is InChI=1S/C21H20ClN3O2S/c1-4-12-25-19(26)16-13-15(22)10-11-17(16)23-21(25)28-18(20(27)24(2)3)14-8-6-5-7-9-14/h4-11,13,18H,1,12H2,2-3H3/t18-/m1/s1. The summed E-state index contributed by atoms with van der Waals surface area (Å²) in [6.07, 6.45) is 1.63. The van der Waals surface area contributed by atoms with E-state index < -0.39 is 5.25 Å². The van der Waals surface area contributed by atoms with Crippen LogP contribution in [0.5, 0.6) is 0 Å². The van der Waals surface area contributed by atoms with Gasteiger partial charge in [0.05, 0.1) is 10.9 Å². The number of halogens is 1. The van der Waals surface area contributed by atoms with E-state index in [1.165, 1.54) is 16.3 Å². The summed E-state index contributed by atoms with van der Waals surface area (Å²) in [6.45, 7) is 4.02. The van der Waals surface area contributed by atoms with Gasteiger partial charge < -0.3 is 4.90 Å². The van der Waals surface area contributed by atoms with Crippen LogP contribution in [0.15, 0.2) is 71.1 Å². The van der Waals surface area contributed by atoms with E-state index in [1.807, 2.05) is 30.3 Å². The topological polar surface area (TPSA) is 55.2 Å². The van der Waals surface area contributed by atoms with Crippen molar-refractivity contribution in [2.24, 2.45) is 0 Å². The number of fused-ring (bicyclic) bond motifs is 1. The summed E-state index contributed by atoms with van der Waals surface area (Å²) in [5.41, 5.74) is 1.18. The fraction of sp³-hybridized carbons (Fsp3) is 0.190. The van der Waals surface area contributed by atoms with Gasteiger partial charge in [0.1, 0.15) is 5.25 Å². The number of allylic oxidation sites excluding steroid dienone is 1. The van der Waals surface area contributed by atoms with Crippen LogP contribution in [0.2, 0.25) is 5.02 Å². The van der Waals surface area contributed by atoms with Gasteiger partial charge in [-0.05, 0) is 23.8 Å². The number of nitrogens with zero attached hydrogens (tertiary/aromatic N) is 3. The van der Waals surface area contributed by atoms with Gasteiger partial charge in [0.25, 0.3) is 5.56 Å². The SMILES string of the molecule is C=CCn1c(S[C@@H](C(=O)N(C)C)c2ccccc2)nc2ccc(Cl)cc2c1=O. The van der Waals surface area contributed by atoms with E-state index in [0.29, 0.717) is 21.1 Å². The van der Waals surface area contributed by atoms with Crippen molar-refractivity contribution >= 4 is 40.2 Å². The van der Waals surface area contributed by atoms with Gasteiger partial charge >= 0.3 is 0 Å². The van der Waals surface area contributed by atoms with Crippen molar-refractivity contribution in [1.29, 1.82) is 0 Å². The fourth-order valence-electron chi connectivity index (χ4n) is 2.78. The van der Waals surface area contributed by atoms with Crippen LogP contribution < -0.4 is 5.56 Å². The zero-order chi connectivity index (χ0) is 20.3. The van der Waals surface area contributed by atoms with Crippen molar-refractivity contribution in [3.63, 3.8) is 0 Å². The van der Waals surface area contributed by atoms with Crippen LogP contribution in [0.4, 0.5) is 0 Å². The molecule has 0 unspecified atom stereocenters. The molecule has 0 saturated heterocycles. The van der Waals surface area contributed by atoms with Gasteiger partial charge in [0, 0.05) is 25.7 Å². The van der Waals surface area contributed by atoms with E-state index in [0.717, 1.165) is 5.56 Å². The van der Waals surface area contributed by atoms with Crippen molar-refractivity contribution in [1.82, 2.24) is 14.5 Å². The van der Waals surface area contributed by atoms with Crippen LogP contribution in [0.3, 0.4) is 0 Å². The molecule has 0 aliphatic heterocycles. The summed E-state index contributed by atoms with van der Waals surface area (Å²) in [5, 5.41) is 0.850. The third-order valence-corrected chi connectivity index (χ3v) is 5.65. The monoisotopic (exact) mass is 413 g/mol. The molecule has 0 spiro atoms. The van der Waals surface area contributed by atoms with Crippen LogP contribution in [0.25, 0.3) is 10.9 Å². The Kier molecular flexibility index (Phi) is 6.21. The number of aromatic nitrogens is 2. The number of benzene rings is 2. The van der Waals surface area contributed by atoms with Crippen molar-refractivity contribution in [3.05, 3.63) is 82.1 Å². The molecule has 3 aromatic rings. The molecule has 0 aliphatic carbocycles. The highest BCUT2D eigenvalue weighted by atomic mass is 35.5. The highest BCUT2D eigenvalue weighted by molar-refractivity contribution is 8.00. The molecule has 0 fully saturated rings. The molecule has 0 N–H and O–H groups in total. The Morgan fingerprint density at radius 3 is 2.64 bits per heavy atom. The first-order chi connectivity index (χ1) is 13.4. The lowest BCUT2D eigenvalue weighted by molar-refractivity contribution is -0.128. The second kappa shape index (κ2) is 8.63. The number of carbonyl (C=O) groups is 1. The maximum Gasteiger partial charge on any atom is 0.262 e. The lowest BCUT2D eigenvalue weighted by atomic mass is 10.1. The summed E-state index contributed by atoms with van der Waals surface area (Å²) >= 11 is 7.31. The van der Waals surface area contributed by atoms with E-state index in [1.54, 1.807) is 43.3 Å². The second-order valence-electron chi connectivity index (χ2n) is 6.40. The molecular weight excluding hydrogens is 394 g/mol. The van der Waals surface area contributed by atoms with Crippen molar-refractivity contribution in [3.8, 4) is 0 Å². The largest absolute Gasteiger partial charge is 0.348 e. The van der Waals surface area contributed by atoms with Gasteiger partial charge in [0.2, 0.25) is 5.91 Å². The minimum Gasteiger partial charge on any atom is -0.348 e. The summed E-state index contributed by atoms with van der Waals surface area (Å²) in [5.74, 6) is -0.0770. The third kappa shape index (κ3) is 4.13. The number of thioether (sulfide) groups is 1. The number of hydrogen-bond donors (Lipinski definition) is 0. The average molecular weight is 414 g/mol. The predicted octanol–water partition coefficient (Wildman–Crippen LogP) is 4.16. The second-order valence-corrected chi connectivity index (χ2v) is 7.91. The van der Waals surface area contributed by atoms with Crippen molar-refractivity contribution in [2.75, 3.05) is 14.1 Å². The third-order valence-electron chi connectivity index (χ3n) is 4.18. The Morgan fingerprint density at radius 2 is 2.00 bits per heavy atom. The zero-order valence-corrected chi connectivity index (χ0v) is 17.2. The van der Waals surface area contributed by atoms with E-state index in [4.69, 9.17) is 11.6 Å². The molecule has 5 nitrogen and oxygen atoms in total. The molecule has 0 bridgehead atoms. The first kappa shape index (κ1) is 20.2. The van der Waals surface area contributed by atoms with Crippen LogP contribution in [-0.2, 0) is 11.3 Å². The molecule has 0 aliphatic rings. The van der Waals surface area contributed by atoms with Crippen molar-refractivity contribution in [2.45, 2.75) is 17.0 Å². The smallest absolute Gasteiger partial charge is 0.262 e. The summed E-state index contributed by atoms with van der Waals surface area (Å²) in [4.78, 5) is 32.1. The number of hydrogen-bond acceptors (Lipinski definition) is 4. The van der Waals surface area contributed by atoms with E-state index in [2.05, 4.69) is 11.6 Å². The molecule has 1 atom stereocenters.